The molecule has 0 aliphatic carbocycles. The molecule has 4 nitrogen and oxygen atoms in total. The molecule has 0 atom stereocenters. The van der Waals surface area contributed by atoms with Gasteiger partial charge in [-0.25, -0.2) is 8.78 Å². The number of nitrogens with one attached hydrogen (secondary N) is 3. The predicted octanol–water partition coefficient (Wildman–Crippen LogP) is 2.68. The Kier molecular flexibility index (Phi) is 5.99. The SMILES string of the molecule is O=C(NCCNC(=S)Nc1ccccc1F)c1ccc(F)cc1. The first-order chi connectivity index (χ1) is 11.1. The summed E-state index contributed by atoms with van der Waals surface area (Å²) < 4.78 is 26.2. The van der Waals surface area contributed by atoms with Gasteiger partial charge in [0, 0.05) is 18.7 Å². The highest BCUT2D eigenvalue weighted by atomic mass is 32.1. The topological polar surface area (TPSA) is 53.2 Å². The Balaban J connectivity index is 1.71. The van der Waals surface area contributed by atoms with Gasteiger partial charge in [-0.2, -0.15) is 0 Å². The molecular formula is C16H15F2N3OS. The van der Waals surface area contributed by atoms with Crippen LogP contribution in [-0.2, 0) is 0 Å². The van der Waals surface area contributed by atoms with Crippen molar-refractivity contribution in [2.24, 2.45) is 0 Å². The summed E-state index contributed by atoms with van der Waals surface area (Å²) in [5.41, 5.74) is 0.652. The Labute approximate surface area is 137 Å². The number of rotatable bonds is 5. The van der Waals surface area contributed by atoms with Gasteiger partial charge < -0.3 is 16.0 Å². The van der Waals surface area contributed by atoms with Crippen LogP contribution in [0.2, 0.25) is 0 Å². The summed E-state index contributed by atoms with van der Waals surface area (Å²) in [6, 6.07) is 11.4. The second kappa shape index (κ2) is 8.19. The van der Waals surface area contributed by atoms with Gasteiger partial charge in [-0.15, -0.1) is 0 Å². The molecule has 0 saturated carbocycles. The summed E-state index contributed by atoms with van der Waals surface area (Å²) in [7, 11) is 0. The lowest BCUT2D eigenvalue weighted by atomic mass is 10.2. The fraction of sp³-hybridized carbons (Fsp3) is 0.125. The molecule has 2 aromatic rings. The fourth-order valence-corrected chi connectivity index (χ4v) is 2.00. The van der Waals surface area contributed by atoms with Crippen LogP contribution in [0.1, 0.15) is 10.4 Å². The lowest BCUT2D eigenvalue weighted by Gasteiger charge is -2.11. The van der Waals surface area contributed by atoms with Crippen molar-refractivity contribution in [2.45, 2.75) is 0 Å². The minimum atomic E-state index is -0.402. The molecule has 120 valence electrons. The number of benzene rings is 2. The van der Waals surface area contributed by atoms with Crippen LogP contribution < -0.4 is 16.0 Å². The average molecular weight is 335 g/mol. The number of halogens is 2. The third kappa shape index (κ3) is 5.30. The lowest BCUT2D eigenvalue weighted by molar-refractivity contribution is 0.0954. The van der Waals surface area contributed by atoms with Crippen molar-refractivity contribution < 1.29 is 13.6 Å². The molecule has 0 radical (unpaired) electrons. The van der Waals surface area contributed by atoms with Gasteiger partial charge in [-0.3, -0.25) is 4.79 Å². The molecule has 0 spiro atoms. The van der Waals surface area contributed by atoms with Crippen molar-refractivity contribution in [3.8, 4) is 0 Å². The molecule has 0 aliphatic heterocycles. The summed E-state index contributed by atoms with van der Waals surface area (Å²) in [5.74, 6) is -1.10. The molecule has 0 aromatic heterocycles. The van der Waals surface area contributed by atoms with Gasteiger partial charge in [0.15, 0.2) is 5.11 Å². The monoisotopic (exact) mass is 335 g/mol. The van der Waals surface area contributed by atoms with Crippen LogP contribution in [0, 0.1) is 11.6 Å². The van der Waals surface area contributed by atoms with Gasteiger partial charge in [-0.1, -0.05) is 12.1 Å². The van der Waals surface area contributed by atoms with E-state index in [4.69, 9.17) is 12.2 Å². The Bertz CT molecular complexity index is 692. The Morgan fingerprint density at radius 3 is 2.30 bits per heavy atom. The minimum Gasteiger partial charge on any atom is -0.361 e. The molecule has 7 heteroatoms. The van der Waals surface area contributed by atoms with Gasteiger partial charge in [0.2, 0.25) is 0 Å². The van der Waals surface area contributed by atoms with Crippen molar-refractivity contribution in [1.29, 1.82) is 0 Å². The van der Waals surface area contributed by atoms with Crippen LogP contribution in [-0.4, -0.2) is 24.1 Å². The number of hydrogen-bond donors (Lipinski definition) is 3. The minimum absolute atomic E-state index is 0.256. The Hall–Kier alpha value is -2.54. The zero-order valence-electron chi connectivity index (χ0n) is 12.1. The number of thiocarbonyl (C=S) groups is 1. The third-order valence-electron chi connectivity index (χ3n) is 2.92. The first-order valence-corrected chi connectivity index (χ1v) is 7.30. The standard InChI is InChI=1S/C16H15F2N3OS/c17-12-7-5-11(6-8-12)15(22)19-9-10-20-16(23)21-14-4-2-1-3-13(14)18/h1-8H,9-10H2,(H,19,22)(H2,20,21,23). The van der Waals surface area contributed by atoms with E-state index < -0.39 is 11.6 Å². The molecule has 3 N–H and O–H groups in total. The first kappa shape index (κ1) is 16.8. The molecule has 0 aliphatic rings. The van der Waals surface area contributed by atoms with Crippen molar-refractivity contribution in [3.05, 3.63) is 65.7 Å². The van der Waals surface area contributed by atoms with Crippen LogP contribution >= 0.6 is 12.2 Å². The number of hydrogen-bond acceptors (Lipinski definition) is 2. The van der Waals surface area contributed by atoms with E-state index in [1.165, 1.54) is 30.3 Å². The normalized spacial score (nSPS) is 10.0. The summed E-state index contributed by atoms with van der Waals surface area (Å²) in [4.78, 5) is 11.8. The van der Waals surface area contributed by atoms with Crippen LogP contribution in [0.15, 0.2) is 48.5 Å². The van der Waals surface area contributed by atoms with Crippen LogP contribution in [0.25, 0.3) is 0 Å². The van der Waals surface area contributed by atoms with Gasteiger partial charge in [0.25, 0.3) is 5.91 Å². The van der Waals surface area contributed by atoms with E-state index in [2.05, 4.69) is 16.0 Å². The lowest BCUT2D eigenvalue weighted by Crippen LogP contribution is -2.36. The molecule has 2 aromatic carbocycles. The Morgan fingerprint density at radius 1 is 0.957 bits per heavy atom. The fourth-order valence-electron chi connectivity index (χ4n) is 1.78. The summed E-state index contributed by atoms with van der Waals surface area (Å²) >= 11 is 5.04. The zero-order valence-corrected chi connectivity index (χ0v) is 12.9. The van der Waals surface area contributed by atoms with Crippen molar-refractivity contribution >= 4 is 28.9 Å². The number of amides is 1. The Morgan fingerprint density at radius 2 is 1.61 bits per heavy atom. The average Bonchev–Trinajstić information content (AvgIpc) is 2.54. The molecule has 0 bridgehead atoms. The zero-order chi connectivity index (χ0) is 16.7. The summed E-state index contributed by atoms with van der Waals surface area (Å²) in [6.07, 6.45) is 0. The maximum absolute atomic E-state index is 13.4. The quantitative estimate of drug-likeness (QED) is 0.581. The van der Waals surface area contributed by atoms with Crippen molar-refractivity contribution in [1.82, 2.24) is 10.6 Å². The largest absolute Gasteiger partial charge is 0.361 e. The third-order valence-corrected chi connectivity index (χ3v) is 3.17. The molecule has 0 fully saturated rings. The van der Waals surface area contributed by atoms with Crippen molar-refractivity contribution in [3.63, 3.8) is 0 Å². The van der Waals surface area contributed by atoms with E-state index in [0.717, 1.165) is 0 Å². The van der Waals surface area contributed by atoms with Crippen LogP contribution in [0.4, 0.5) is 14.5 Å². The predicted molar refractivity (Wildman–Crippen MR) is 89.4 cm³/mol. The number of anilines is 1. The molecule has 2 rings (SSSR count). The first-order valence-electron chi connectivity index (χ1n) is 6.89. The van der Waals surface area contributed by atoms with Gasteiger partial charge in [0.05, 0.1) is 5.69 Å². The molecule has 0 unspecified atom stereocenters. The molecule has 0 heterocycles. The molecule has 1 amide bonds. The van der Waals surface area contributed by atoms with E-state index >= 15 is 0 Å². The van der Waals surface area contributed by atoms with E-state index in [1.54, 1.807) is 18.2 Å². The summed E-state index contributed by atoms with van der Waals surface area (Å²) in [5, 5.41) is 8.50. The van der Waals surface area contributed by atoms with E-state index in [-0.39, 0.29) is 16.7 Å². The van der Waals surface area contributed by atoms with Gasteiger partial charge >= 0.3 is 0 Å². The maximum atomic E-state index is 13.4. The maximum Gasteiger partial charge on any atom is 0.251 e. The van der Waals surface area contributed by atoms with E-state index in [1.807, 2.05) is 0 Å². The van der Waals surface area contributed by atoms with Crippen LogP contribution in [0.5, 0.6) is 0 Å². The van der Waals surface area contributed by atoms with Crippen LogP contribution in [0.3, 0.4) is 0 Å². The highest BCUT2D eigenvalue weighted by molar-refractivity contribution is 7.80. The summed E-state index contributed by atoms with van der Waals surface area (Å²) in [6.45, 7) is 0.683. The second-order valence-electron chi connectivity index (χ2n) is 4.62. The molecule has 0 saturated heterocycles. The molecular weight excluding hydrogens is 320 g/mol. The van der Waals surface area contributed by atoms with E-state index in [9.17, 15) is 13.6 Å². The van der Waals surface area contributed by atoms with Crippen molar-refractivity contribution in [2.75, 3.05) is 18.4 Å². The highest BCUT2D eigenvalue weighted by Crippen LogP contribution is 2.11. The number of carbonyl (C=O) groups is 1. The molecule has 23 heavy (non-hydrogen) atoms. The number of carbonyl (C=O) groups excluding carboxylic acids is 1. The number of para-hydroxylation sites is 1. The van der Waals surface area contributed by atoms with E-state index in [0.29, 0.717) is 18.7 Å². The van der Waals surface area contributed by atoms with Gasteiger partial charge in [-0.05, 0) is 48.6 Å². The van der Waals surface area contributed by atoms with Gasteiger partial charge in [0.1, 0.15) is 11.6 Å². The smallest absolute Gasteiger partial charge is 0.251 e. The second-order valence-corrected chi connectivity index (χ2v) is 5.03. The highest BCUT2D eigenvalue weighted by Gasteiger charge is 2.05.